The molecule has 2 aromatic carbocycles. The fraction of sp³-hybridized carbons (Fsp3) is 0.316. The van der Waals surface area contributed by atoms with Crippen LogP contribution in [0.5, 0.6) is 11.5 Å². The molecule has 0 saturated heterocycles. The van der Waals surface area contributed by atoms with Crippen LogP contribution in [0.15, 0.2) is 42.5 Å². The van der Waals surface area contributed by atoms with Crippen molar-refractivity contribution in [1.82, 2.24) is 0 Å². The molecule has 0 bridgehead atoms. The van der Waals surface area contributed by atoms with Crippen LogP contribution in [0, 0.1) is 6.92 Å². The average Bonchev–Trinajstić information content (AvgIpc) is 2.47. The van der Waals surface area contributed by atoms with Crippen molar-refractivity contribution < 1.29 is 14.3 Å². The molecule has 0 unspecified atom stereocenters. The average molecular weight is 296 g/mol. The molecule has 3 heteroatoms. The minimum Gasteiger partial charge on any atom is -0.488 e. The normalized spacial score (nSPS) is 15.6. The van der Waals surface area contributed by atoms with E-state index >= 15 is 0 Å². The second kappa shape index (κ2) is 5.48. The van der Waals surface area contributed by atoms with Crippen molar-refractivity contribution in [2.24, 2.45) is 0 Å². The summed E-state index contributed by atoms with van der Waals surface area (Å²) in [6, 6.07) is 12.9. The maximum absolute atomic E-state index is 12.1. The Morgan fingerprint density at radius 2 is 1.86 bits per heavy atom. The lowest BCUT2D eigenvalue weighted by Gasteiger charge is -2.32. The molecule has 1 heterocycles. The first kappa shape index (κ1) is 14.6. The van der Waals surface area contributed by atoms with Crippen LogP contribution in [0.25, 0.3) is 0 Å². The zero-order chi connectivity index (χ0) is 15.7. The van der Waals surface area contributed by atoms with Crippen LogP contribution < -0.4 is 9.47 Å². The fourth-order valence-corrected chi connectivity index (χ4v) is 2.55. The molecule has 1 aliphatic rings. The van der Waals surface area contributed by atoms with Crippen LogP contribution in [0.3, 0.4) is 0 Å². The third-order valence-electron chi connectivity index (χ3n) is 3.91. The van der Waals surface area contributed by atoms with E-state index in [0.29, 0.717) is 11.3 Å². The first-order valence-corrected chi connectivity index (χ1v) is 7.54. The highest BCUT2D eigenvalue weighted by molar-refractivity contribution is 5.91. The van der Waals surface area contributed by atoms with Crippen LogP contribution in [0.1, 0.15) is 41.8 Å². The largest absolute Gasteiger partial charge is 0.488 e. The van der Waals surface area contributed by atoms with E-state index < -0.39 is 0 Å². The molecular formula is C19H20O3. The Kier molecular flexibility index (Phi) is 3.65. The van der Waals surface area contributed by atoms with Gasteiger partial charge in [0.05, 0.1) is 5.56 Å². The molecule has 1 aliphatic heterocycles. The lowest BCUT2D eigenvalue weighted by Crippen LogP contribution is -2.32. The number of rotatable bonds is 2. The van der Waals surface area contributed by atoms with E-state index in [1.165, 1.54) is 0 Å². The fourth-order valence-electron chi connectivity index (χ4n) is 2.55. The monoisotopic (exact) mass is 296 g/mol. The number of carbonyl (C=O) groups is 1. The number of ether oxygens (including phenoxy) is 2. The van der Waals surface area contributed by atoms with E-state index in [2.05, 4.69) is 13.8 Å². The quantitative estimate of drug-likeness (QED) is 0.611. The number of esters is 1. The SMILES string of the molecule is Cc1ccc(C(=O)Oc2ccc3c(c2)CCC(C)(C)O3)cc1. The van der Waals surface area contributed by atoms with Gasteiger partial charge in [0.25, 0.3) is 0 Å². The topological polar surface area (TPSA) is 35.5 Å². The minimum atomic E-state index is -0.336. The van der Waals surface area contributed by atoms with Gasteiger partial charge in [0.2, 0.25) is 0 Å². The molecule has 3 nitrogen and oxygen atoms in total. The van der Waals surface area contributed by atoms with Gasteiger partial charge in [-0.3, -0.25) is 0 Å². The van der Waals surface area contributed by atoms with E-state index in [-0.39, 0.29) is 11.6 Å². The molecule has 0 fully saturated rings. The smallest absolute Gasteiger partial charge is 0.343 e. The van der Waals surface area contributed by atoms with Gasteiger partial charge in [0, 0.05) is 0 Å². The Morgan fingerprint density at radius 1 is 1.14 bits per heavy atom. The summed E-state index contributed by atoms with van der Waals surface area (Å²) in [7, 11) is 0. The molecule has 0 aliphatic carbocycles. The molecular weight excluding hydrogens is 276 g/mol. The van der Waals surface area contributed by atoms with E-state index in [4.69, 9.17) is 9.47 Å². The third-order valence-corrected chi connectivity index (χ3v) is 3.91. The van der Waals surface area contributed by atoms with Gasteiger partial charge in [-0.25, -0.2) is 4.79 Å². The van der Waals surface area contributed by atoms with Gasteiger partial charge in [-0.15, -0.1) is 0 Å². The summed E-state index contributed by atoms with van der Waals surface area (Å²) in [5.74, 6) is 1.11. The number of aryl methyl sites for hydroxylation is 2. The van der Waals surface area contributed by atoms with E-state index in [1.807, 2.05) is 31.2 Å². The highest BCUT2D eigenvalue weighted by atomic mass is 16.5. The van der Waals surface area contributed by atoms with Crippen LogP contribution >= 0.6 is 0 Å². The summed E-state index contributed by atoms with van der Waals surface area (Å²) in [4.78, 5) is 12.1. The maximum Gasteiger partial charge on any atom is 0.343 e. The van der Waals surface area contributed by atoms with Crippen molar-refractivity contribution in [2.45, 2.75) is 39.2 Å². The number of fused-ring (bicyclic) bond motifs is 1. The van der Waals surface area contributed by atoms with Gasteiger partial charge in [-0.05, 0) is 69.5 Å². The zero-order valence-corrected chi connectivity index (χ0v) is 13.2. The Balaban J connectivity index is 1.76. The van der Waals surface area contributed by atoms with Gasteiger partial charge in [0.15, 0.2) is 0 Å². The second-order valence-corrected chi connectivity index (χ2v) is 6.39. The molecule has 2 aromatic rings. The molecule has 3 rings (SSSR count). The van der Waals surface area contributed by atoms with Crippen molar-refractivity contribution >= 4 is 5.97 Å². The summed E-state index contributed by atoms with van der Waals surface area (Å²) in [6.07, 6.45) is 1.88. The molecule has 0 amide bonds. The second-order valence-electron chi connectivity index (χ2n) is 6.39. The van der Waals surface area contributed by atoms with Crippen molar-refractivity contribution in [3.63, 3.8) is 0 Å². The van der Waals surface area contributed by atoms with Gasteiger partial charge in [-0.1, -0.05) is 17.7 Å². The van der Waals surface area contributed by atoms with Gasteiger partial charge >= 0.3 is 5.97 Å². The van der Waals surface area contributed by atoms with Gasteiger partial charge < -0.3 is 9.47 Å². The highest BCUT2D eigenvalue weighted by Crippen LogP contribution is 2.35. The molecule has 0 atom stereocenters. The van der Waals surface area contributed by atoms with Crippen molar-refractivity contribution in [1.29, 1.82) is 0 Å². The predicted octanol–water partition coefficient (Wildman–Crippen LogP) is 4.32. The summed E-state index contributed by atoms with van der Waals surface area (Å²) in [6.45, 7) is 6.16. The number of carbonyl (C=O) groups excluding carboxylic acids is 1. The van der Waals surface area contributed by atoms with E-state index in [0.717, 1.165) is 29.7 Å². The van der Waals surface area contributed by atoms with Crippen LogP contribution in [-0.2, 0) is 6.42 Å². The first-order chi connectivity index (χ1) is 10.4. The summed E-state index contributed by atoms with van der Waals surface area (Å²) in [5.41, 5.74) is 2.63. The zero-order valence-electron chi connectivity index (χ0n) is 13.2. The molecule has 22 heavy (non-hydrogen) atoms. The Bertz CT molecular complexity index is 699. The number of benzene rings is 2. The van der Waals surface area contributed by atoms with Crippen molar-refractivity contribution in [3.8, 4) is 11.5 Å². The molecule has 114 valence electrons. The number of hydrogen-bond donors (Lipinski definition) is 0. The molecule has 0 saturated carbocycles. The standard InChI is InChI=1S/C19H20O3/c1-13-4-6-14(7-5-13)18(20)21-16-8-9-17-15(12-16)10-11-19(2,3)22-17/h4-9,12H,10-11H2,1-3H3. The van der Waals surface area contributed by atoms with Gasteiger partial charge in [-0.2, -0.15) is 0 Å². The van der Waals surface area contributed by atoms with Crippen LogP contribution in [0.2, 0.25) is 0 Å². The molecule has 0 spiro atoms. The van der Waals surface area contributed by atoms with Crippen molar-refractivity contribution in [3.05, 3.63) is 59.2 Å². The van der Waals surface area contributed by atoms with Crippen LogP contribution in [0.4, 0.5) is 0 Å². The van der Waals surface area contributed by atoms with Crippen LogP contribution in [-0.4, -0.2) is 11.6 Å². The van der Waals surface area contributed by atoms with Gasteiger partial charge in [0.1, 0.15) is 17.1 Å². The highest BCUT2D eigenvalue weighted by Gasteiger charge is 2.26. The maximum atomic E-state index is 12.1. The first-order valence-electron chi connectivity index (χ1n) is 7.54. The Hall–Kier alpha value is -2.29. The number of hydrogen-bond acceptors (Lipinski definition) is 3. The molecule has 0 N–H and O–H groups in total. The summed E-state index contributed by atoms with van der Waals surface area (Å²) >= 11 is 0. The Labute approximate surface area is 130 Å². The molecule has 0 radical (unpaired) electrons. The van der Waals surface area contributed by atoms with Crippen molar-refractivity contribution in [2.75, 3.05) is 0 Å². The molecule has 0 aromatic heterocycles. The predicted molar refractivity (Wildman–Crippen MR) is 85.6 cm³/mol. The minimum absolute atomic E-state index is 0.132. The lowest BCUT2D eigenvalue weighted by molar-refractivity contribution is 0.0727. The third kappa shape index (κ3) is 3.14. The van der Waals surface area contributed by atoms with E-state index in [9.17, 15) is 4.79 Å². The van der Waals surface area contributed by atoms with E-state index in [1.54, 1.807) is 18.2 Å². The Morgan fingerprint density at radius 3 is 2.59 bits per heavy atom. The lowest BCUT2D eigenvalue weighted by atomic mass is 9.94. The summed E-state index contributed by atoms with van der Waals surface area (Å²) < 4.78 is 11.4. The summed E-state index contributed by atoms with van der Waals surface area (Å²) in [5, 5.41) is 0.